The van der Waals surface area contributed by atoms with Crippen molar-refractivity contribution in [2.75, 3.05) is 0 Å². The fourth-order valence-corrected chi connectivity index (χ4v) is 1.32. The van der Waals surface area contributed by atoms with Gasteiger partial charge in [-0.25, -0.2) is 9.18 Å². The summed E-state index contributed by atoms with van der Waals surface area (Å²) in [5.74, 6) is -2.10. The van der Waals surface area contributed by atoms with Crippen LogP contribution in [0.15, 0.2) is 18.2 Å². The summed E-state index contributed by atoms with van der Waals surface area (Å²) in [6.45, 7) is 0. The molecule has 0 spiro atoms. The second-order valence-corrected chi connectivity index (χ2v) is 3.42. The average Bonchev–Trinajstić information content (AvgIpc) is 2.28. The Morgan fingerprint density at radius 1 is 1.47 bits per heavy atom. The first kappa shape index (κ1) is 13.1. The van der Waals surface area contributed by atoms with E-state index in [-0.39, 0.29) is 17.5 Å². The van der Waals surface area contributed by atoms with Crippen LogP contribution in [0, 0.1) is 17.1 Å². The van der Waals surface area contributed by atoms with E-state index in [0.717, 1.165) is 18.2 Å². The maximum atomic E-state index is 13.3. The molecule has 0 amide bonds. The molecule has 90 valence electrons. The lowest BCUT2D eigenvalue weighted by Crippen LogP contribution is -2.19. The monoisotopic (exact) mass is 239 g/mol. The molecule has 3 N–H and O–H groups in total. The van der Waals surface area contributed by atoms with Gasteiger partial charge in [-0.2, -0.15) is 5.26 Å². The highest BCUT2D eigenvalue weighted by Gasteiger charge is 2.22. The molecule has 0 aliphatic rings. The number of hydrogen-bond acceptors (Lipinski definition) is 4. The van der Waals surface area contributed by atoms with Crippen molar-refractivity contribution in [2.24, 2.45) is 0 Å². The SMILES string of the molecule is N#CCC(O)C(O)c1cc(C(=O)O)ccc1F. The van der Waals surface area contributed by atoms with Crippen LogP contribution in [0.25, 0.3) is 0 Å². The van der Waals surface area contributed by atoms with E-state index in [2.05, 4.69) is 0 Å². The van der Waals surface area contributed by atoms with Crippen LogP contribution in [-0.2, 0) is 0 Å². The number of aliphatic hydroxyl groups is 2. The Hall–Kier alpha value is -1.97. The predicted octanol–water partition coefficient (Wildman–Crippen LogP) is 0.832. The summed E-state index contributed by atoms with van der Waals surface area (Å²) in [6.07, 6.45) is -3.47. The maximum absolute atomic E-state index is 13.3. The van der Waals surface area contributed by atoms with Crippen LogP contribution >= 0.6 is 0 Å². The summed E-state index contributed by atoms with van der Waals surface area (Å²) in [5, 5.41) is 36.0. The van der Waals surface area contributed by atoms with Gasteiger partial charge in [0.25, 0.3) is 0 Å². The van der Waals surface area contributed by atoms with Gasteiger partial charge in [-0.1, -0.05) is 0 Å². The number of aliphatic hydroxyl groups excluding tert-OH is 2. The van der Waals surface area contributed by atoms with Gasteiger partial charge in [0.2, 0.25) is 0 Å². The van der Waals surface area contributed by atoms with Crippen LogP contribution in [0.5, 0.6) is 0 Å². The summed E-state index contributed by atoms with van der Waals surface area (Å²) < 4.78 is 13.3. The minimum atomic E-state index is -1.63. The molecule has 1 aromatic rings. The van der Waals surface area contributed by atoms with Crippen molar-refractivity contribution in [2.45, 2.75) is 18.6 Å². The Kier molecular flexibility index (Phi) is 4.15. The summed E-state index contributed by atoms with van der Waals surface area (Å²) in [5.41, 5.74) is -0.544. The molecule has 0 fully saturated rings. The fraction of sp³-hybridized carbons (Fsp3) is 0.273. The number of nitriles is 1. The van der Waals surface area contributed by atoms with Gasteiger partial charge in [0.1, 0.15) is 11.9 Å². The Morgan fingerprint density at radius 3 is 2.65 bits per heavy atom. The van der Waals surface area contributed by atoms with Gasteiger partial charge in [0.15, 0.2) is 0 Å². The van der Waals surface area contributed by atoms with E-state index in [9.17, 15) is 19.4 Å². The topological polar surface area (TPSA) is 102 Å². The minimum absolute atomic E-state index is 0.204. The zero-order valence-corrected chi connectivity index (χ0v) is 8.67. The molecule has 0 radical (unpaired) electrons. The van der Waals surface area contributed by atoms with Gasteiger partial charge in [0, 0.05) is 5.56 Å². The first-order chi connectivity index (χ1) is 7.97. The Bertz CT molecular complexity index is 469. The Morgan fingerprint density at radius 2 is 2.12 bits per heavy atom. The van der Waals surface area contributed by atoms with Gasteiger partial charge < -0.3 is 15.3 Å². The third-order valence-corrected chi connectivity index (χ3v) is 2.23. The lowest BCUT2D eigenvalue weighted by Gasteiger charge is -2.16. The molecular formula is C11H10FNO4. The van der Waals surface area contributed by atoms with Crippen LogP contribution in [0.1, 0.15) is 28.4 Å². The van der Waals surface area contributed by atoms with E-state index < -0.39 is 24.0 Å². The maximum Gasteiger partial charge on any atom is 0.335 e. The van der Waals surface area contributed by atoms with Gasteiger partial charge in [0.05, 0.1) is 24.2 Å². The van der Waals surface area contributed by atoms with Crippen molar-refractivity contribution in [3.05, 3.63) is 35.1 Å². The number of carbonyl (C=O) groups is 1. The van der Waals surface area contributed by atoms with Gasteiger partial charge in [-0.05, 0) is 18.2 Å². The molecule has 17 heavy (non-hydrogen) atoms. The van der Waals surface area contributed by atoms with Gasteiger partial charge >= 0.3 is 5.97 Å². The lowest BCUT2D eigenvalue weighted by molar-refractivity contribution is 0.0194. The van der Waals surface area contributed by atoms with E-state index in [4.69, 9.17) is 10.4 Å². The van der Waals surface area contributed by atoms with Crippen LogP contribution < -0.4 is 0 Å². The third kappa shape index (κ3) is 3.00. The number of carboxylic acids is 1. The van der Waals surface area contributed by atoms with Gasteiger partial charge in [-0.3, -0.25) is 0 Å². The first-order valence-corrected chi connectivity index (χ1v) is 4.73. The van der Waals surface area contributed by atoms with Crippen LogP contribution in [-0.4, -0.2) is 27.4 Å². The van der Waals surface area contributed by atoms with Gasteiger partial charge in [-0.15, -0.1) is 0 Å². The molecule has 0 bridgehead atoms. The van der Waals surface area contributed by atoms with Crippen molar-refractivity contribution in [1.29, 1.82) is 5.26 Å². The fourth-order valence-electron chi connectivity index (χ4n) is 1.32. The molecule has 0 aromatic heterocycles. The van der Waals surface area contributed by atoms with Crippen molar-refractivity contribution < 1.29 is 24.5 Å². The minimum Gasteiger partial charge on any atom is -0.478 e. The summed E-state index contributed by atoms with van der Waals surface area (Å²) >= 11 is 0. The van der Waals surface area contributed by atoms with Crippen LogP contribution in [0.3, 0.4) is 0 Å². The number of halogens is 1. The number of nitrogens with zero attached hydrogens (tertiary/aromatic N) is 1. The standard InChI is InChI=1S/C11H10FNO4/c12-8-2-1-6(11(16)17)5-7(8)10(15)9(14)3-4-13/h1-2,5,9-10,14-15H,3H2,(H,16,17). The zero-order valence-electron chi connectivity index (χ0n) is 8.67. The average molecular weight is 239 g/mol. The lowest BCUT2D eigenvalue weighted by atomic mass is 10.00. The highest BCUT2D eigenvalue weighted by Crippen LogP contribution is 2.23. The van der Waals surface area contributed by atoms with Crippen LogP contribution in [0.2, 0.25) is 0 Å². The molecule has 0 aliphatic carbocycles. The molecule has 5 nitrogen and oxygen atoms in total. The molecule has 2 unspecified atom stereocenters. The number of carboxylic acid groups (broad SMARTS) is 1. The van der Waals surface area contributed by atoms with Crippen molar-refractivity contribution in [3.8, 4) is 6.07 Å². The molecule has 6 heteroatoms. The molecule has 1 rings (SSSR count). The number of aromatic carboxylic acids is 1. The van der Waals surface area contributed by atoms with E-state index >= 15 is 0 Å². The predicted molar refractivity (Wildman–Crippen MR) is 54.6 cm³/mol. The largest absolute Gasteiger partial charge is 0.478 e. The zero-order chi connectivity index (χ0) is 13.0. The van der Waals surface area contributed by atoms with Crippen molar-refractivity contribution in [3.63, 3.8) is 0 Å². The van der Waals surface area contributed by atoms with E-state index in [1.54, 1.807) is 6.07 Å². The molecule has 2 atom stereocenters. The molecule has 0 aliphatic heterocycles. The smallest absolute Gasteiger partial charge is 0.335 e. The first-order valence-electron chi connectivity index (χ1n) is 4.73. The number of rotatable bonds is 4. The quantitative estimate of drug-likeness (QED) is 0.722. The Labute approximate surface area is 96.4 Å². The van der Waals surface area contributed by atoms with Crippen LogP contribution in [0.4, 0.5) is 4.39 Å². The molecule has 0 heterocycles. The molecule has 0 saturated heterocycles. The molecule has 0 saturated carbocycles. The summed E-state index contributed by atoms with van der Waals surface area (Å²) in [6, 6.07) is 4.50. The van der Waals surface area contributed by atoms with Crippen molar-refractivity contribution in [1.82, 2.24) is 0 Å². The summed E-state index contributed by atoms with van der Waals surface area (Å²) in [7, 11) is 0. The summed E-state index contributed by atoms with van der Waals surface area (Å²) in [4.78, 5) is 10.7. The highest BCUT2D eigenvalue weighted by molar-refractivity contribution is 5.87. The second-order valence-electron chi connectivity index (χ2n) is 3.42. The number of benzene rings is 1. The Balaban J connectivity index is 3.08. The molecular weight excluding hydrogens is 229 g/mol. The molecule has 1 aromatic carbocycles. The van der Waals surface area contributed by atoms with Crippen molar-refractivity contribution >= 4 is 5.97 Å². The third-order valence-electron chi connectivity index (χ3n) is 2.23. The van der Waals surface area contributed by atoms with E-state index in [0.29, 0.717) is 0 Å². The normalized spacial score (nSPS) is 13.8. The van der Waals surface area contributed by atoms with E-state index in [1.165, 1.54) is 0 Å². The van der Waals surface area contributed by atoms with E-state index in [1.807, 2.05) is 0 Å². The number of hydrogen-bond donors (Lipinski definition) is 3. The highest BCUT2D eigenvalue weighted by atomic mass is 19.1. The second kappa shape index (κ2) is 5.39.